The van der Waals surface area contributed by atoms with Crippen LogP contribution in [0.25, 0.3) is 0 Å². The molecule has 3 rings (SSSR count). The molecule has 0 aromatic heterocycles. The Morgan fingerprint density at radius 1 is 1.12 bits per heavy atom. The number of nitro groups is 1. The zero-order chi connectivity index (χ0) is 18.5. The van der Waals surface area contributed by atoms with E-state index < -0.39 is 4.92 Å². The van der Waals surface area contributed by atoms with Gasteiger partial charge in [-0.1, -0.05) is 12.1 Å². The maximum atomic E-state index is 12.3. The van der Waals surface area contributed by atoms with Crippen molar-refractivity contribution in [1.29, 1.82) is 0 Å². The number of anilines is 1. The Hall–Kier alpha value is -3.09. The second-order valence-electron chi connectivity index (χ2n) is 6.25. The van der Waals surface area contributed by atoms with Crippen LogP contribution in [0.1, 0.15) is 5.56 Å². The number of hydrogen-bond acceptors (Lipinski definition) is 5. The monoisotopic (exact) mass is 355 g/mol. The Morgan fingerprint density at radius 3 is 2.42 bits per heavy atom. The van der Waals surface area contributed by atoms with Crippen LogP contribution in [0.5, 0.6) is 5.75 Å². The molecule has 7 heteroatoms. The van der Waals surface area contributed by atoms with Crippen molar-refractivity contribution in [2.45, 2.75) is 6.92 Å². The highest BCUT2D eigenvalue weighted by molar-refractivity contribution is 5.78. The first-order valence-electron chi connectivity index (χ1n) is 8.49. The van der Waals surface area contributed by atoms with Crippen LogP contribution in [-0.2, 0) is 4.79 Å². The molecule has 1 aliphatic heterocycles. The molecule has 0 radical (unpaired) electrons. The van der Waals surface area contributed by atoms with Crippen LogP contribution >= 0.6 is 0 Å². The lowest BCUT2D eigenvalue weighted by molar-refractivity contribution is -0.384. The predicted molar refractivity (Wildman–Crippen MR) is 98.6 cm³/mol. The molecule has 136 valence electrons. The zero-order valence-corrected chi connectivity index (χ0v) is 14.6. The number of non-ortho nitro benzene ring substituents is 1. The third-order valence-electron chi connectivity index (χ3n) is 4.41. The molecule has 2 aromatic carbocycles. The van der Waals surface area contributed by atoms with Gasteiger partial charge in [-0.15, -0.1) is 0 Å². The molecule has 1 amide bonds. The first kappa shape index (κ1) is 17.7. The Morgan fingerprint density at radius 2 is 1.81 bits per heavy atom. The lowest BCUT2D eigenvalue weighted by Crippen LogP contribution is -2.50. The summed E-state index contributed by atoms with van der Waals surface area (Å²) in [6, 6.07) is 14.1. The highest BCUT2D eigenvalue weighted by Crippen LogP contribution is 2.19. The molecule has 26 heavy (non-hydrogen) atoms. The summed E-state index contributed by atoms with van der Waals surface area (Å²) < 4.78 is 5.46. The summed E-state index contributed by atoms with van der Waals surface area (Å²) in [6.45, 7) is 4.87. The number of ether oxygens (including phenoxy) is 1. The fourth-order valence-corrected chi connectivity index (χ4v) is 2.94. The summed E-state index contributed by atoms with van der Waals surface area (Å²) >= 11 is 0. The van der Waals surface area contributed by atoms with E-state index in [-0.39, 0.29) is 18.2 Å². The third-order valence-corrected chi connectivity index (χ3v) is 4.41. The largest absolute Gasteiger partial charge is 0.484 e. The van der Waals surface area contributed by atoms with E-state index >= 15 is 0 Å². The first-order chi connectivity index (χ1) is 12.5. The molecule has 7 nitrogen and oxygen atoms in total. The molecular formula is C19H21N3O4. The van der Waals surface area contributed by atoms with Gasteiger partial charge in [-0.3, -0.25) is 14.9 Å². The van der Waals surface area contributed by atoms with Crippen LogP contribution in [0.15, 0.2) is 48.5 Å². The number of hydrogen-bond donors (Lipinski definition) is 0. The van der Waals surface area contributed by atoms with Crippen molar-refractivity contribution in [3.05, 3.63) is 64.2 Å². The minimum atomic E-state index is -0.470. The first-order valence-corrected chi connectivity index (χ1v) is 8.49. The molecule has 0 saturated carbocycles. The smallest absolute Gasteiger partial charge is 0.269 e. The highest BCUT2D eigenvalue weighted by atomic mass is 16.6. The molecule has 0 unspecified atom stereocenters. The number of benzene rings is 2. The lowest BCUT2D eigenvalue weighted by Gasteiger charge is -2.36. The van der Waals surface area contributed by atoms with Gasteiger partial charge in [-0.05, 0) is 36.8 Å². The van der Waals surface area contributed by atoms with E-state index in [0.717, 1.165) is 13.1 Å². The molecule has 0 atom stereocenters. The standard InChI is InChI=1S/C19H21N3O4/c1-15-3-2-4-17(13-15)20-9-11-21(12-10-20)19(23)14-26-18-7-5-16(6-8-18)22(24)25/h2-8,13H,9-12,14H2,1H3. The van der Waals surface area contributed by atoms with E-state index in [0.29, 0.717) is 18.8 Å². The number of carbonyl (C=O) groups is 1. The molecule has 1 saturated heterocycles. The second-order valence-corrected chi connectivity index (χ2v) is 6.25. The van der Waals surface area contributed by atoms with E-state index in [9.17, 15) is 14.9 Å². The molecule has 1 fully saturated rings. The van der Waals surface area contributed by atoms with Gasteiger partial charge in [0.15, 0.2) is 6.61 Å². The van der Waals surface area contributed by atoms with Gasteiger partial charge in [0, 0.05) is 44.0 Å². The van der Waals surface area contributed by atoms with Crippen LogP contribution in [-0.4, -0.2) is 48.5 Å². The predicted octanol–water partition coefficient (Wildman–Crippen LogP) is 2.63. The number of carbonyl (C=O) groups excluding carboxylic acids is 1. The maximum absolute atomic E-state index is 12.3. The van der Waals surface area contributed by atoms with Crippen LogP contribution in [0.3, 0.4) is 0 Å². The van der Waals surface area contributed by atoms with Gasteiger partial charge in [-0.2, -0.15) is 0 Å². The molecule has 2 aromatic rings. The SMILES string of the molecule is Cc1cccc(N2CCN(C(=O)COc3ccc([N+](=O)[O-])cc3)CC2)c1. The van der Waals surface area contributed by atoms with Crippen molar-refractivity contribution in [3.8, 4) is 5.75 Å². The van der Waals surface area contributed by atoms with Crippen molar-refractivity contribution in [3.63, 3.8) is 0 Å². The maximum Gasteiger partial charge on any atom is 0.269 e. The van der Waals surface area contributed by atoms with E-state index in [1.165, 1.54) is 35.5 Å². The lowest BCUT2D eigenvalue weighted by atomic mass is 10.2. The Bertz CT molecular complexity index is 784. The fraction of sp³-hybridized carbons (Fsp3) is 0.316. The minimum absolute atomic E-state index is 0.00375. The number of piperazine rings is 1. The average molecular weight is 355 g/mol. The van der Waals surface area contributed by atoms with E-state index in [2.05, 4.69) is 30.0 Å². The number of nitro benzene ring substituents is 1. The van der Waals surface area contributed by atoms with Gasteiger partial charge in [0.2, 0.25) is 0 Å². The van der Waals surface area contributed by atoms with Crippen LogP contribution in [0.4, 0.5) is 11.4 Å². The number of aryl methyl sites for hydroxylation is 1. The molecule has 0 aliphatic carbocycles. The van der Waals surface area contributed by atoms with Gasteiger partial charge >= 0.3 is 0 Å². The zero-order valence-electron chi connectivity index (χ0n) is 14.6. The quantitative estimate of drug-likeness (QED) is 0.609. The number of amides is 1. The van der Waals surface area contributed by atoms with E-state index in [1.54, 1.807) is 4.90 Å². The van der Waals surface area contributed by atoms with Gasteiger partial charge in [0.05, 0.1) is 4.92 Å². The highest BCUT2D eigenvalue weighted by Gasteiger charge is 2.21. The Labute approximate surface area is 151 Å². The van der Waals surface area contributed by atoms with Crippen molar-refractivity contribution < 1.29 is 14.5 Å². The van der Waals surface area contributed by atoms with Crippen LogP contribution < -0.4 is 9.64 Å². The van der Waals surface area contributed by atoms with E-state index in [4.69, 9.17) is 4.74 Å². The summed E-state index contributed by atoms with van der Waals surface area (Å²) in [7, 11) is 0. The normalized spacial score (nSPS) is 14.2. The van der Waals surface area contributed by atoms with E-state index in [1.807, 2.05) is 6.07 Å². The summed E-state index contributed by atoms with van der Waals surface area (Å²) in [5, 5.41) is 10.6. The number of rotatable bonds is 5. The van der Waals surface area contributed by atoms with Crippen molar-refractivity contribution in [2.24, 2.45) is 0 Å². The minimum Gasteiger partial charge on any atom is -0.484 e. The summed E-state index contributed by atoms with van der Waals surface area (Å²) in [4.78, 5) is 26.5. The van der Waals surface area contributed by atoms with Gasteiger partial charge in [0.25, 0.3) is 11.6 Å². The third kappa shape index (κ3) is 4.30. The van der Waals surface area contributed by atoms with Crippen LogP contribution in [0.2, 0.25) is 0 Å². The summed E-state index contributed by atoms with van der Waals surface area (Å²) in [6.07, 6.45) is 0. The Kier molecular flexibility index (Phi) is 5.36. The summed E-state index contributed by atoms with van der Waals surface area (Å²) in [5.74, 6) is 0.370. The van der Waals surface area contributed by atoms with Gasteiger partial charge < -0.3 is 14.5 Å². The average Bonchev–Trinajstić information content (AvgIpc) is 2.66. The number of nitrogens with zero attached hydrogens (tertiary/aromatic N) is 3. The Balaban J connectivity index is 1.48. The van der Waals surface area contributed by atoms with Crippen molar-refractivity contribution >= 4 is 17.3 Å². The van der Waals surface area contributed by atoms with Crippen molar-refractivity contribution in [1.82, 2.24) is 4.90 Å². The molecule has 1 aliphatic rings. The molecular weight excluding hydrogens is 334 g/mol. The fourth-order valence-electron chi connectivity index (χ4n) is 2.94. The molecule has 0 spiro atoms. The molecule has 1 heterocycles. The van der Waals surface area contributed by atoms with Crippen molar-refractivity contribution in [2.75, 3.05) is 37.7 Å². The second kappa shape index (κ2) is 7.86. The molecule has 0 bridgehead atoms. The topological polar surface area (TPSA) is 75.9 Å². The molecule has 0 N–H and O–H groups in total. The van der Waals surface area contributed by atoms with Crippen LogP contribution in [0, 0.1) is 17.0 Å². The summed E-state index contributed by atoms with van der Waals surface area (Å²) in [5.41, 5.74) is 2.40. The van der Waals surface area contributed by atoms with Gasteiger partial charge in [0.1, 0.15) is 5.75 Å². The van der Waals surface area contributed by atoms with Gasteiger partial charge in [-0.25, -0.2) is 0 Å².